The number of hydrogen-bond donors (Lipinski definition) is 0. The lowest BCUT2D eigenvalue weighted by Crippen LogP contribution is -2.40. The van der Waals surface area contributed by atoms with Gasteiger partial charge in [0.2, 0.25) is 6.79 Å². The summed E-state index contributed by atoms with van der Waals surface area (Å²) in [6, 6.07) is 9.45. The standard InChI is InChI=1S/C27H24N2O8S/c1-5-34-26(32)23-14(2)28-27-29(24(23)17-7-9-19(37-15(3)30)20(12-17)33-4)25(31)22(38-27)11-16-6-8-18-21(10-16)36-13-35-18/h6-12,24H,5,13H2,1-4H3. The molecule has 0 amide bonds. The average molecular weight is 537 g/mol. The summed E-state index contributed by atoms with van der Waals surface area (Å²) >= 11 is 1.21. The number of nitrogens with zero attached hydrogens (tertiary/aromatic N) is 2. The van der Waals surface area contributed by atoms with Gasteiger partial charge in [-0.2, -0.15) is 0 Å². The van der Waals surface area contributed by atoms with Crippen molar-refractivity contribution in [3.63, 3.8) is 0 Å². The number of allylic oxidation sites excluding steroid dienone is 1. The van der Waals surface area contributed by atoms with Gasteiger partial charge in [0.1, 0.15) is 0 Å². The Kier molecular flexibility index (Phi) is 6.77. The molecule has 0 aliphatic carbocycles. The molecule has 3 aromatic rings. The number of aromatic nitrogens is 1. The molecule has 11 heteroatoms. The molecular formula is C27H24N2O8S. The summed E-state index contributed by atoms with van der Waals surface area (Å²) in [7, 11) is 1.44. The Hall–Kier alpha value is -4.38. The largest absolute Gasteiger partial charge is 0.493 e. The van der Waals surface area contributed by atoms with Gasteiger partial charge >= 0.3 is 11.9 Å². The second kappa shape index (κ2) is 10.2. The van der Waals surface area contributed by atoms with E-state index in [0.717, 1.165) is 5.56 Å². The van der Waals surface area contributed by atoms with Gasteiger partial charge in [-0.3, -0.25) is 14.2 Å². The molecule has 5 rings (SSSR count). The van der Waals surface area contributed by atoms with E-state index in [2.05, 4.69) is 4.99 Å². The molecule has 2 aromatic carbocycles. The summed E-state index contributed by atoms with van der Waals surface area (Å²) in [5.41, 5.74) is 1.66. The van der Waals surface area contributed by atoms with Crippen molar-refractivity contribution in [2.45, 2.75) is 26.8 Å². The molecule has 0 spiro atoms. The fraction of sp³-hybridized carbons (Fsp3) is 0.259. The first-order chi connectivity index (χ1) is 18.3. The van der Waals surface area contributed by atoms with Gasteiger partial charge in [-0.1, -0.05) is 23.5 Å². The zero-order valence-corrected chi connectivity index (χ0v) is 21.9. The van der Waals surface area contributed by atoms with Crippen molar-refractivity contribution < 1.29 is 33.3 Å². The molecule has 0 saturated carbocycles. The molecule has 1 unspecified atom stereocenters. The number of methoxy groups -OCH3 is 1. The van der Waals surface area contributed by atoms with Crippen LogP contribution in [-0.2, 0) is 14.3 Å². The lowest BCUT2D eigenvalue weighted by Gasteiger charge is -2.25. The number of carbonyl (C=O) groups is 2. The molecule has 0 fully saturated rings. The summed E-state index contributed by atoms with van der Waals surface area (Å²) in [6.45, 7) is 5.01. The van der Waals surface area contributed by atoms with Crippen molar-refractivity contribution in [1.29, 1.82) is 0 Å². The number of carbonyl (C=O) groups excluding carboxylic acids is 2. The van der Waals surface area contributed by atoms with Crippen LogP contribution in [0.15, 0.2) is 57.5 Å². The summed E-state index contributed by atoms with van der Waals surface area (Å²) in [4.78, 5) is 43.4. The molecule has 2 aliphatic rings. The van der Waals surface area contributed by atoms with Crippen LogP contribution in [0.5, 0.6) is 23.0 Å². The highest BCUT2D eigenvalue weighted by atomic mass is 32.1. The Morgan fingerprint density at radius 3 is 2.68 bits per heavy atom. The zero-order valence-electron chi connectivity index (χ0n) is 21.1. The molecule has 38 heavy (non-hydrogen) atoms. The van der Waals surface area contributed by atoms with Gasteiger partial charge in [-0.25, -0.2) is 9.79 Å². The van der Waals surface area contributed by atoms with Crippen LogP contribution in [0, 0.1) is 0 Å². The summed E-state index contributed by atoms with van der Waals surface area (Å²) in [6.07, 6.45) is 1.75. The monoisotopic (exact) mass is 536 g/mol. The lowest BCUT2D eigenvalue weighted by molar-refractivity contribution is -0.139. The van der Waals surface area contributed by atoms with Crippen molar-refractivity contribution >= 4 is 29.4 Å². The Bertz CT molecular complexity index is 1670. The van der Waals surface area contributed by atoms with Crippen molar-refractivity contribution in [2.24, 2.45) is 4.99 Å². The normalized spacial score (nSPS) is 16.1. The van der Waals surface area contributed by atoms with Crippen molar-refractivity contribution in [3.05, 3.63) is 78.5 Å². The minimum absolute atomic E-state index is 0.149. The van der Waals surface area contributed by atoms with E-state index in [1.165, 1.54) is 29.9 Å². The van der Waals surface area contributed by atoms with Crippen molar-refractivity contribution in [3.8, 4) is 23.0 Å². The highest BCUT2D eigenvalue weighted by Gasteiger charge is 2.34. The first-order valence-electron chi connectivity index (χ1n) is 11.8. The van der Waals surface area contributed by atoms with Gasteiger partial charge in [0.25, 0.3) is 5.56 Å². The quantitative estimate of drug-likeness (QED) is 0.349. The number of ether oxygens (including phenoxy) is 5. The second-order valence-electron chi connectivity index (χ2n) is 8.42. The molecule has 1 atom stereocenters. The van der Waals surface area contributed by atoms with E-state index < -0.39 is 18.0 Å². The van der Waals surface area contributed by atoms with Gasteiger partial charge in [0.05, 0.1) is 35.6 Å². The van der Waals surface area contributed by atoms with Crippen LogP contribution in [0.2, 0.25) is 0 Å². The van der Waals surface area contributed by atoms with Crippen molar-refractivity contribution in [1.82, 2.24) is 4.57 Å². The van der Waals surface area contributed by atoms with Crippen LogP contribution in [-0.4, -0.2) is 37.0 Å². The molecule has 2 aliphatic heterocycles. The zero-order chi connectivity index (χ0) is 27.0. The lowest BCUT2D eigenvalue weighted by atomic mass is 9.95. The maximum atomic E-state index is 13.8. The van der Waals surface area contributed by atoms with Crippen LogP contribution in [0.3, 0.4) is 0 Å². The van der Waals surface area contributed by atoms with Crippen LogP contribution < -0.4 is 33.8 Å². The molecule has 196 valence electrons. The Balaban J connectivity index is 1.69. The molecule has 0 N–H and O–H groups in total. The van der Waals surface area contributed by atoms with E-state index in [4.69, 9.17) is 23.7 Å². The predicted octanol–water partition coefficient (Wildman–Crippen LogP) is 2.46. The maximum absolute atomic E-state index is 13.8. The number of benzene rings is 2. The molecule has 10 nitrogen and oxygen atoms in total. The van der Waals surface area contributed by atoms with Crippen LogP contribution in [0.4, 0.5) is 0 Å². The van der Waals surface area contributed by atoms with Gasteiger partial charge in [0.15, 0.2) is 27.8 Å². The van der Waals surface area contributed by atoms with Crippen molar-refractivity contribution in [2.75, 3.05) is 20.5 Å². The number of fused-ring (bicyclic) bond motifs is 2. The third kappa shape index (κ3) is 4.56. The number of hydrogen-bond acceptors (Lipinski definition) is 10. The predicted molar refractivity (Wildman–Crippen MR) is 137 cm³/mol. The number of thiazole rings is 1. The van der Waals surface area contributed by atoms with Gasteiger partial charge < -0.3 is 23.7 Å². The van der Waals surface area contributed by atoms with E-state index in [-0.39, 0.29) is 36.0 Å². The minimum Gasteiger partial charge on any atom is -0.493 e. The highest BCUT2D eigenvalue weighted by Crippen LogP contribution is 2.36. The number of rotatable bonds is 6. The Morgan fingerprint density at radius 2 is 1.95 bits per heavy atom. The molecule has 0 saturated heterocycles. The van der Waals surface area contributed by atoms with E-state index in [0.29, 0.717) is 32.1 Å². The van der Waals surface area contributed by atoms with Crippen LogP contribution >= 0.6 is 11.3 Å². The maximum Gasteiger partial charge on any atom is 0.338 e. The number of esters is 2. The molecule has 3 heterocycles. The first kappa shape index (κ1) is 25.3. The van der Waals surface area contributed by atoms with E-state index in [9.17, 15) is 14.4 Å². The second-order valence-corrected chi connectivity index (χ2v) is 9.43. The van der Waals surface area contributed by atoms with Gasteiger partial charge in [-0.05, 0) is 55.3 Å². The molecule has 0 bridgehead atoms. The third-order valence-electron chi connectivity index (χ3n) is 5.97. The Labute approximate surface area is 221 Å². The summed E-state index contributed by atoms with van der Waals surface area (Å²) in [5.74, 6) is 0.659. The summed E-state index contributed by atoms with van der Waals surface area (Å²) in [5, 5.41) is 0. The van der Waals surface area contributed by atoms with E-state index in [1.54, 1.807) is 50.3 Å². The van der Waals surface area contributed by atoms with E-state index >= 15 is 0 Å². The smallest absolute Gasteiger partial charge is 0.338 e. The molecular weight excluding hydrogens is 512 g/mol. The van der Waals surface area contributed by atoms with Gasteiger partial charge in [-0.15, -0.1) is 0 Å². The molecule has 1 aromatic heterocycles. The van der Waals surface area contributed by atoms with Crippen LogP contribution in [0.1, 0.15) is 37.9 Å². The fourth-order valence-corrected chi connectivity index (χ4v) is 5.40. The van der Waals surface area contributed by atoms with Gasteiger partial charge in [0, 0.05) is 6.92 Å². The van der Waals surface area contributed by atoms with Crippen LogP contribution in [0.25, 0.3) is 6.08 Å². The molecule has 0 radical (unpaired) electrons. The first-order valence-corrected chi connectivity index (χ1v) is 12.6. The van der Waals surface area contributed by atoms with E-state index in [1.807, 2.05) is 6.07 Å². The minimum atomic E-state index is -0.843. The SMILES string of the molecule is CCOC(=O)C1=C(C)N=c2sc(=Cc3ccc4c(c3)OCO4)c(=O)n2C1c1ccc(OC(C)=O)c(OC)c1. The fourth-order valence-electron chi connectivity index (χ4n) is 4.35. The highest BCUT2D eigenvalue weighted by molar-refractivity contribution is 7.07. The third-order valence-corrected chi connectivity index (χ3v) is 6.95. The summed E-state index contributed by atoms with van der Waals surface area (Å²) < 4.78 is 28.7. The average Bonchev–Trinajstić information content (AvgIpc) is 3.47. The Morgan fingerprint density at radius 1 is 1.16 bits per heavy atom. The topological polar surface area (TPSA) is 115 Å².